The van der Waals surface area contributed by atoms with Crippen LogP contribution in [0.1, 0.15) is 0 Å². The number of H-pyrrole nitrogens is 1. The zero-order valence-electron chi connectivity index (χ0n) is 9.34. The van der Waals surface area contributed by atoms with E-state index in [0.717, 1.165) is 16.3 Å². The summed E-state index contributed by atoms with van der Waals surface area (Å²) in [5.74, 6) is 3.55. The first-order chi connectivity index (χ1) is 7.20. The first-order valence-corrected chi connectivity index (χ1v) is 8.97. The Labute approximate surface area is 119 Å². The third kappa shape index (κ3) is 7.13. The summed E-state index contributed by atoms with van der Waals surface area (Å²) in [7, 11) is 6.14. The van der Waals surface area contributed by atoms with Gasteiger partial charge in [0, 0.05) is 44.1 Å². The molecular formula is C8H17ClN3S4+. The van der Waals surface area contributed by atoms with Crippen molar-refractivity contribution in [3.05, 3.63) is 9.46 Å². The van der Waals surface area contributed by atoms with Crippen LogP contribution in [0.4, 0.5) is 0 Å². The first kappa shape index (κ1) is 16.7. The number of aromatic amines is 1. The van der Waals surface area contributed by atoms with E-state index in [4.69, 9.17) is 12.2 Å². The molecule has 0 saturated carbocycles. The maximum atomic E-state index is 5.12. The van der Waals surface area contributed by atoms with Crippen LogP contribution in [0.2, 0.25) is 0 Å². The lowest BCUT2D eigenvalue weighted by molar-refractivity contribution is 0.437. The molecule has 1 N–H and O–H groups in total. The van der Waals surface area contributed by atoms with E-state index in [0.29, 0.717) is 0 Å². The topological polar surface area (TPSA) is 31.9 Å². The molecule has 1 aromatic heterocycles. The fourth-order valence-corrected chi connectivity index (χ4v) is 5.52. The van der Waals surface area contributed by atoms with Crippen molar-refractivity contribution in [1.82, 2.24) is 15.1 Å². The van der Waals surface area contributed by atoms with Gasteiger partial charge in [-0.3, -0.25) is 0 Å². The van der Waals surface area contributed by atoms with Gasteiger partial charge in [0.05, 0.1) is 0 Å². The second-order valence-electron chi connectivity index (χ2n) is 3.17. The molecule has 1 rings (SSSR count). The van der Waals surface area contributed by atoms with Crippen LogP contribution in [-0.4, -0.2) is 53.0 Å². The van der Waals surface area contributed by atoms with Crippen molar-refractivity contribution in [2.75, 3.05) is 37.9 Å². The highest BCUT2D eigenvalue weighted by molar-refractivity contribution is 8.45. The molecule has 0 amide bonds. The Hall–Kier alpha value is 0.730. The minimum atomic E-state index is 0. The van der Waals surface area contributed by atoms with Crippen LogP contribution in [0.3, 0.4) is 0 Å². The number of halogens is 1. The number of aromatic nitrogens is 2. The molecule has 1 unspecified atom stereocenters. The molecule has 0 aliphatic heterocycles. The highest BCUT2D eigenvalue weighted by atomic mass is 35.5. The number of thioether (sulfide) groups is 1. The van der Waals surface area contributed by atoms with E-state index >= 15 is 0 Å². The van der Waals surface area contributed by atoms with Crippen LogP contribution in [0.25, 0.3) is 0 Å². The molecule has 94 valence electrons. The molecule has 0 spiro atoms. The van der Waals surface area contributed by atoms with E-state index in [9.17, 15) is 0 Å². The van der Waals surface area contributed by atoms with Crippen molar-refractivity contribution in [2.24, 2.45) is 0 Å². The van der Waals surface area contributed by atoms with E-state index in [2.05, 4.69) is 29.2 Å². The van der Waals surface area contributed by atoms with E-state index < -0.39 is 0 Å². The Morgan fingerprint density at radius 2 is 2.19 bits per heavy atom. The zero-order chi connectivity index (χ0) is 11.1. The molecule has 16 heavy (non-hydrogen) atoms. The summed E-state index contributed by atoms with van der Waals surface area (Å²) in [6.45, 7) is 1.16. The summed E-state index contributed by atoms with van der Waals surface area (Å²) in [6, 6.07) is 0. The van der Waals surface area contributed by atoms with Gasteiger partial charge in [-0.2, -0.15) is 11.8 Å². The van der Waals surface area contributed by atoms with Crippen molar-refractivity contribution >= 4 is 56.7 Å². The minimum Gasteiger partial charge on any atom is -0.309 e. The lowest BCUT2D eigenvalue weighted by Gasteiger charge is -2.07. The lowest BCUT2D eigenvalue weighted by Crippen LogP contribution is -2.15. The highest BCUT2D eigenvalue weighted by Gasteiger charge is 2.06. The molecule has 1 atom stereocenters. The van der Waals surface area contributed by atoms with Gasteiger partial charge in [0.15, 0.2) is 5.51 Å². The van der Waals surface area contributed by atoms with Crippen LogP contribution >= 0.6 is 56.7 Å². The molecular weight excluding hydrogens is 302 g/mol. The molecule has 1 heterocycles. The Morgan fingerprint density at radius 1 is 1.44 bits per heavy atom. The van der Waals surface area contributed by atoms with Gasteiger partial charge in [-0.1, -0.05) is 0 Å². The van der Waals surface area contributed by atoms with Crippen LogP contribution in [0, 0.1) is 3.95 Å². The first-order valence-electron chi connectivity index (χ1n) is 4.62. The van der Waals surface area contributed by atoms with Crippen molar-refractivity contribution in [3.63, 3.8) is 0 Å². The lowest BCUT2D eigenvalue weighted by atomic mass is 10.7. The van der Waals surface area contributed by atoms with Gasteiger partial charge in [-0.25, -0.2) is 5.10 Å². The molecule has 0 aliphatic rings. The van der Waals surface area contributed by atoms with Crippen molar-refractivity contribution in [2.45, 2.75) is 0 Å². The maximum Gasteiger partial charge on any atom is 0.384 e. The predicted octanol–water partition coefficient (Wildman–Crippen LogP) is 3.10. The molecule has 0 saturated heterocycles. The SMILES string of the molecule is CN(C)CCSCCS[s+]1cn[nH]c1=S.Cl. The summed E-state index contributed by atoms with van der Waals surface area (Å²) in [6.07, 6.45) is 0. The average molecular weight is 319 g/mol. The highest BCUT2D eigenvalue weighted by Crippen LogP contribution is 2.31. The van der Waals surface area contributed by atoms with Crippen molar-refractivity contribution in [3.8, 4) is 0 Å². The smallest absolute Gasteiger partial charge is 0.309 e. The van der Waals surface area contributed by atoms with Gasteiger partial charge in [0.1, 0.15) is 0 Å². The van der Waals surface area contributed by atoms with Crippen LogP contribution in [0.5, 0.6) is 0 Å². The van der Waals surface area contributed by atoms with Gasteiger partial charge < -0.3 is 4.90 Å². The van der Waals surface area contributed by atoms with Crippen LogP contribution in [0.15, 0.2) is 5.51 Å². The van der Waals surface area contributed by atoms with Gasteiger partial charge in [-0.15, -0.1) is 17.5 Å². The standard InChI is InChI=1S/C8H15N3S4.ClH/c1-11(2)3-4-13-5-6-14-15-7-9-10-8(15)12;/h7H,3-6H2,1-2H3;1H/p+1. The molecule has 0 aliphatic carbocycles. The van der Waals surface area contributed by atoms with E-state index in [1.807, 2.05) is 28.1 Å². The Bertz CT molecular complexity index is 325. The van der Waals surface area contributed by atoms with Crippen molar-refractivity contribution < 1.29 is 0 Å². The third-order valence-electron chi connectivity index (χ3n) is 1.61. The van der Waals surface area contributed by atoms with Gasteiger partial charge in [-0.05, 0) is 14.1 Å². The van der Waals surface area contributed by atoms with Gasteiger partial charge >= 0.3 is 3.95 Å². The number of hydrogen-bond donors (Lipinski definition) is 1. The van der Waals surface area contributed by atoms with E-state index in [1.165, 1.54) is 11.5 Å². The number of hydrogen-bond acceptors (Lipinski definition) is 5. The Kier molecular flexibility index (Phi) is 10.2. The maximum absolute atomic E-state index is 5.12. The van der Waals surface area contributed by atoms with Crippen molar-refractivity contribution in [1.29, 1.82) is 0 Å². The summed E-state index contributed by atoms with van der Waals surface area (Å²) in [5.41, 5.74) is 1.91. The predicted molar refractivity (Wildman–Crippen MR) is 82.9 cm³/mol. The number of nitrogens with zero attached hydrogens (tertiary/aromatic N) is 2. The molecule has 8 heteroatoms. The summed E-state index contributed by atoms with van der Waals surface area (Å²) < 4.78 is 0.873. The van der Waals surface area contributed by atoms with E-state index in [1.54, 1.807) is 0 Å². The zero-order valence-corrected chi connectivity index (χ0v) is 13.4. The quantitative estimate of drug-likeness (QED) is 0.361. The monoisotopic (exact) mass is 318 g/mol. The van der Waals surface area contributed by atoms with Crippen LogP contribution < -0.4 is 0 Å². The number of rotatable bonds is 7. The largest absolute Gasteiger partial charge is 0.384 e. The Balaban J connectivity index is 0.00000225. The van der Waals surface area contributed by atoms with Crippen LogP contribution in [-0.2, 0) is 0 Å². The number of nitrogens with one attached hydrogen (secondary N) is 1. The summed E-state index contributed by atoms with van der Waals surface area (Å²) in [4.78, 5) is 2.21. The minimum absolute atomic E-state index is 0. The Morgan fingerprint density at radius 3 is 2.75 bits per heavy atom. The second kappa shape index (κ2) is 9.73. The molecule has 0 aromatic carbocycles. The molecule has 0 fully saturated rings. The van der Waals surface area contributed by atoms with Gasteiger partial charge in [0.25, 0.3) is 12.2 Å². The second-order valence-corrected chi connectivity index (χ2v) is 8.70. The fourth-order valence-electron chi connectivity index (χ4n) is 0.836. The molecule has 0 radical (unpaired) electrons. The molecule has 3 nitrogen and oxygen atoms in total. The molecule has 0 bridgehead atoms. The van der Waals surface area contributed by atoms with E-state index in [-0.39, 0.29) is 21.9 Å². The summed E-state index contributed by atoms with van der Waals surface area (Å²) in [5, 5.41) is 6.76. The summed E-state index contributed by atoms with van der Waals surface area (Å²) >= 11 is 7.12. The van der Waals surface area contributed by atoms with Gasteiger partial charge in [0.2, 0.25) is 0 Å². The average Bonchev–Trinajstić information content (AvgIpc) is 2.57. The normalized spacial score (nSPS) is 11.6. The fraction of sp³-hybridized carbons (Fsp3) is 0.750. The third-order valence-corrected chi connectivity index (χ3v) is 7.18. The molecule has 1 aromatic rings.